The second kappa shape index (κ2) is 7.83. The first-order valence-corrected chi connectivity index (χ1v) is 9.59. The van der Waals surface area contributed by atoms with Gasteiger partial charge in [-0.15, -0.1) is 11.3 Å². The van der Waals surface area contributed by atoms with E-state index in [1.54, 1.807) is 0 Å². The fourth-order valence-corrected chi connectivity index (χ4v) is 4.20. The van der Waals surface area contributed by atoms with Gasteiger partial charge in [0.05, 0.1) is 6.04 Å². The van der Waals surface area contributed by atoms with Crippen molar-refractivity contribution in [2.75, 3.05) is 26.2 Å². The van der Waals surface area contributed by atoms with Crippen LogP contribution in [0.1, 0.15) is 16.5 Å². The molecule has 0 bridgehead atoms. The molecule has 1 aromatic heterocycles. The average molecular weight is 350 g/mol. The van der Waals surface area contributed by atoms with Gasteiger partial charge in [0.25, 0.3) is 0 Å². The zero-order valence-corrected chi connectivity index (χ0v) is 14.9. The Morgan fingerprint density at radius 2 is 1.68 bits per heavy atom. The Bertz CT molecular complexity index is 783. The topological polar surface area (TPSA) is 24.5 Å². The summed E-state index contributed by atoms with van der Waals surface area (Å²) >= 11 is 1.83. The molecule has 2 heterocycles. The molecule has 3 aromatic rings. The van der Waals surface area contributed by atoms with Crippen molar-refractivity contribution in [1.82, 2.24) is 10.2 Å². The van der Waals surface area contributed by atoms with Crippen LogP contribution in [0.3, 0.4) is 0 Å². The van der Waals surface area contributed by atoms with Crippen molar-refractivity contribution >= 4 is 11.3 Å². The maximum Gasteiger partial charge on any atom is 0.127 e. The molecule has 2 aromatic carbocycles. The molecule has 0 spiro atoms. The molecule has 128 valence electrons. The third-order valence-corrected chi connectivity index (χ3v) is 5.41. The summed E-state index contributed by atoms with van der Waals surface area (Å²) in [5.41, 5.74) is 1.29. The lowest BCUT2D eigenvalue weighted by molar-refractivity contribution is 0.200. The summed E-state index contributed by atoms with van der Waals surface area (Å²) in [5, 5.41) is 5.61. The molecule has 0 radical (unpaired) electrons. The largest absolute Gasteiger partial charge is 0.457 e. The van der Waals surface area contributed by atoms with Gasteiger partial charge in [-0.1, -0.05) is 36.4 Å². The van der Waals surface area contributed by atoms with E-state index in [-0.39, 0.29) is 0 Å². The van der Waals surface area contributed by atoms with Crippen LogP contribution in [-0.4, -0.2) is 31.1 Å². The van der Waals surface area contributed by atoms with E-state index in [9.17, 15) is 0 Å². The van der Waals surface area contributed by atoms with E-state index in [2.05, 4.69) is 45.9 Å². The number of benzene rings is 2. The first-order valence-electron chi connectivity index (χ1n) is 8.71. The third-order valence-electron chi connectivity index (χ3n) is 4.48. The molecule has 0 saturated carbocycles. The Kier molecular flexibility index (Phi) is 5.11. The summed E-state index contributed by atoms with van der Waals surface area (Å²) in [6.07, 6.45) is 0. The summed E-state index contributed by atoms with van der Waals surface area (Å²) in [6.45, 7) is 4.21. The van der Waals surface area contributed by atoms with E-state index in [0.29, 0.717) is 6.04 Å². The molecular formula is C21H22N2OS. The Balaban J connectivity index is 1.64. The lowest BCUT2D eigenvalue weighted by Gasteiger charge is -2.34. The molecule has 1 N–H and O–H groups in total. The number of hydrogen-bond acceptors (Lipinski definition) is 4. The molecule has 4 rings (SSSR count). The molecule has 3 nitrogen and oxygen atoms in total. The summed E-state index contributed by atoms with van der Waals surface area (Å²) < 4.78 is 6.05. The van der Waals surface area contributed by atoms with Crippen LogP contribution in [0, 0.1) is 0 Å². The van der Waals surface area contributed by atoms with E-state index in [1.165, 1.54) is 10.4 Å². The molecule has 1 aliphatic rings. The predicted molar refractivity (Wildman–Crippen MR) is 104 cm³/mol. The zero-order valence-electron chi connectivity index (χ0n) is 14.1. The smallest absolute Gasteiger partial charge is 0.127 e. The van der Waals surface area contributed by atoms with Crippen LogP contribution in [0.5, 0.6) is 11.5 Å². The lowest BCUT2D eigenvalue weighted by Crippen LogP contribution is -2.45. The van der Waals surface area contributed by atoms with Gasteiger partial charge in [0.15, 0.2) is 0 Å². The number of para-hydroxylation sites is 1. The van der Waals surface area contributed by atoms with E-state index < -0.39 is 0 Å². The van der Waals surface area contributed by atoms with Crippen LogP contribution in [-0.2, 0) is 0 Å². The van der Waals surface area contributed by atoms with E-state index in [0.717, 1.165) is 37.7 Å². The molecule has 25 heavy (non-hydrogen) atoms. The van der Waals surface area contributed by atoms with Crippen molar-refractivity contribution < 1.29 is 4.74 Å². The molecule has 1 aliphatic heterocycles. The maximum absolute atomic E-state index is 6.05. The lowest BCUT2D eigenvalue weighted by atomic mass is 10.0. The highest BCUT2D eigenvalue weighted by molar-refractivity contribution is 7.10. The number of hydrogen-bond donors (Lipinski definition) is 1. The van der Waals surface area contributed by atoms with Crippen LogP contribution < -0.4 is 10.1 Å². The molecule has 1 fully saturated rings. The minimum absolute atomic E-state index is 0.293. The van der Waals surface area contributed by atoms with Gasteiger partial charge in [-0.3, -0.25) is 4.90 Å². The minimum atomic E-state index is 0.293. The highest BCUT2D eigenvalue weighted by Gasteiger charge is 2.25. The molecule has 0 amide bonds. The van der Waals surface area contributed by atoms with Crippen molar-refractivity contribution in [1.29, 1.82) is 0 Å². The fraction of sp³-hybridized carbons (Fsp3) is 0.238. The SMILES string of the molecule is c1ccc(Oc2cccc([C@@H](c3cccs3)N3CCNCC3)c2)cc1. The summed E-state index contributed by atoms with van der Waals surface area (Å²) in [6, 6.07) is 23.1. The Labute approximate surface area is 152 Å². The highest BCUT2D eigenvalue weighted by Crippen LogP contribution is 2.34. The molecule has 4 heteroatoms. The first kappa shape index (κ1) is 16.3. The Hall–Kier alpha value is -2.14. The number of thiophene rings is 1. The van der Waals surface area contributed by atoms with E-state index in [4.69, 9.17) is 4.74 Å². The Morgan fingerprint density at radius 3 is 2.44 bits per heavy atom. The van der Waals surface area contributed by atoms with E-state index in [1.807, 2.05) is 47.7 Å². The standard InChI is InChI=1S/C21H22N2OS/c1-2-7-18(8-3-1)24-19-9-4-6-17(16-19)21(20-10-5-15-25-20)23-13-11-22-12-14-23/h1-10,15-16,21-22H,11-14H2/t21-/m0/s1. The Morgan fingerprint density at radius 1 is 0.880 bits per heavy atom. The van der Waals surface area contributed by atoms with E-state index >= 15 is 0 Å². The zero-order chi connectivity index (χ0) is 16.9. The van der Waals surface area contributed by atoms with Gasteiger partial charge in [0, 0.05) is 31.1 Å². The van der Waals surface area contributed by atoms with Crippen LogP contribution in [0.15, 0.2) is 72.1 Å². The molecule has 0 aliphatic carbocycles. The van der Waals surface area contributed by atoms with Crippen molar-refractivity contribution in [2.45, 2.75) is 6.04 Å². The highest BCUT2D eigenvalue weighted by atomic mass is 32.1. The third kappa shape index (κ3) is 3.93. The fourth-order valence-electron chi connectivity index (χ4n) is 3.31. The quantitative estimate of drug-likeness (QED) is 0.731. The minimum Gasteiger partial charge on any atom is -0.457 e. The normalized spacial score (nSPS) is 16.5. The van der Waals surface area contributed by atoms with Gasteiger partial charge in [0.2, 0.25) is 0 Å². The first-order chi connectivity index (χ1) is 12.4. The predicted octanol–water partition coefficient (Wildman–Crippen LogP) is 4.54. The van der Waals surface area contributed by atoms with Crippen LogP contribution >= 0.6 is 11.3 Å². The number of piperazine rings is 1. The molecule has 1 saturated heterocycles. The van der Waals surface area contributed by atoms with Crippen molar-refractivity contribution in [2.24, 2.45) is 0 Å². The van der Waals surface area contributed by atoms with Gasteiger partial charge in [-0.05, 0) is 41.3 Å². The van der Waals surface area contributed by atoms with Gasteiger partial charge in [0.1, 0.15) is 11.5 Å². The number of nitrogens with one attached hydrogen (secondary N) is 1. The summed E-state index contributed by atoms with van der Waals surface area (Å²) in [7, 11) is 0. The average Bonchev–Trinajstić information content (AvgIpc) is 3.18. The van der Waals surface area contributed by atoms with Crippen LogP contribution in [0.4, 0.5) is 0 Å². The maximum atomic E-state index is 6.05. The molecule has 0 unspecified atom stereocenters. The van der Waals surface area contributed by atoms with Crippen molar-refractivity contribution in [3.05, 3.63) is 82.6 Å². The number of nitrogens with zero attached hydrogens (tertiary/aromatic N) is 1. The van der Waals surface area contributed by atoms with Gasteiger partial charge in [-0.25, -0.2) is 0 Å². The van der Waals surface area contributed by atoms with Gasteiger partial charge < -0.3 is 10.1 Å². The second-order valence-corrected chi connectivity index (χ2v) is 7.17. The number of rotatable bonds is 5. The number of ether oxygens (including phenoxy) is 1. The summed E-state index contributed by atoms with van der Waals surface area (Å²) in [4.78, 5) is 3.95. The van der Waals surface area contributed by atoms with Crippen molar-refractivity contribution in [3.8, 4) is 11.5 Å². The van der Waals surface area contributed by atoms with Crippen molar-refractivity contribution in [3.63, 3.8) is 0 Å². The summed E-state index contributed by atoms with van der Waals surface area (Å²) in [5.74, 6) is 1.76. The van der Waals surface area contributed by atoms with Crippen LogP contribution in [0.25, 0.3) is 0 Å². The van der Waals surface area contributed by atoms with Crippen LogP contribution in [0.2, 0.25) is 0 Å². The second-order valence-electron chi connectivity index (χ2n) is 6.19. The molecular weight excluding hydrogens is 328 g/mol. The molecule has 1 atom stereocenters. The van der Waals surface area contributed by atoms with Gasteiger partial charge >= 0.3 is 0 Å². The van der Waals surface area contributed by atoms with Gasteiger partial charge in [-0.2, -0.15) is 0 Å². The monoisotopic (exact) mass is 350 g/mol.